The molecule has 0 saturated heterocycles. The minimum Gasteiger partial charge on any atom is -0.491 e. The van der Waals surface area contributed by atoms with E-state index in [1.54, 1.807) is 24.3 Å². The van der Waals surface area contributed by atoms with Gasteiger partial charge in [0.1, 0.15) is 29.5 Å². The first-order chi connectivity index (χ1) is 18.3. The summed E-state index contributed by atoms with van der Waals surface area (Å²) < 4.78 is 26.8. The lowest BCUT2D eigenvalue weighted by Gasteiger charge is -2.25. The second kappa shape index (κ2) is 12.4. The molecule has 0 amide bonds. The van der Waals surface area contributed by atoms with Crippen LogP contribution in [0.3, 0.4) is 0 Å². The predicted molar refractivity (Wildman–Crippen MR) is 146 cm³/mol. The molecule has 0 fully saturated rings. The molecule has 0 saturated carbocycles. The van der Waals surface area contributed by atoms with Crippen LogP contribution in [-0.4, -0.2) is 29.5 Å². The van der Waals surface area contributed by atoms with E-state index in [1.807, 2.05) is 42.5 Å². The van der Waals surface area contributed by atoms with Gasteiger partial charge in [0.25, 0.3) is 0 Å². The molecule has 0 aliphatic rings. The molecular weight excluding hydrogens is 485 g/mol. The van der Waals surface area contributed by atoms with Gasteiger partial charge in [0, 0.05) is 35.5 Å². The second-order valence-electron chi connectivity index (χ2n) is 9.49. The maximum Gasteiger partial charge on any atom is 0.303 e. The van der Waals surface area contributed by atoms with Gasteiger partial charge >= 0.3 is 5.97 Å². The number of ketones is 1. The van der Waals surface area contributed by atoms with Crippen molar-refractivity contribution in [3.8, 4) is 17.1 Å². The van der Waals surface area contributed by atoms with Crippen LogP contribution in [-0.2, 0) is 4.79 Å². The Bertz CT molecular complexity index is 1360. The average Bonchev–Trinajstić information content (AvgIpc) is 3.34. The summed E-state index contributed by atoms with van der Waals surface area (Å²) in [6.07, 6.45) is 1.42. The Labute approximate surface area is 221 Å². The van der Waals surface area contributed by atoms with Crippen LogP contribution in [0.1, 0.15) is 49.9 Å². The van der Waals surface area contributed by atoms with E-state index >= 15 is 0 Å². The van der Waals surface area contributed by atoms with Gasteiger partial charge in [-0.1, -0.05) is 38.5 Å². The highest BCUT2D eigenvalue weighted by Crippen LogP contribution is 2.31. The van der Waals surface area contributed by atoms with Gasteiger partial charge in [0.2, 0.25) is 0 Å². The molecule has 1 aromatic heterocycles. The van der Waals surface area contributed by atoms with Gasteiger partial charge in [-0.15, -0.1) is 0 Å². The summed E-state index contributed by atoms with van der Waals surface area (Å²) in [6, 6.07) is 21.3. The SMILES string of the molecule is CC[C@H](C)[C@@H](COc1ccc(-c2cc3ccccc3o2)c(F)c1)Nc1ccc(C(=O)CCCC(=O)O)cc1. The number of fused-ring (bicyclic) bond motifs is 1. The summed E-state index contributed by atoms with van der Waals surface area (Å²) >= 11 is 0. The van der Waals surface area contributed by atoms with Crippen molar-refractivity contribution in [2.75, 3.05) is 11.9 Å². The number of carbonyl (C=O) groups is 2. The topological polar surface area (TPSA) is 88.8 Å². The highest BCUT2D eigenvalue weighted by Gasteiger charge is 2.18. The number of ether oxygens (including phenoxy) is 1. The molecule has 0 bridgehead atoms. The molecule has 38 heavy (non-hydrogen) atoms. The number of benzene rings is 3. The summed E-state index contributed by atoms with van der Waals surface area (Å²) in [5.41, 5.74) is 2.48. The van der Waals surface area contributed by atoms with Crippen molar-refractivity contribution in [2.45, 2.75) is 45.6 Å². The lowest BCUT2D eigenvalue weighted by Crippen LogP contribution is -2.33. The van der Waals surface area contributed by atoms with Crippen LogP contribution < -0.4 is 10.1 Å². The third-order valence-corrected chi connectivity index (χ3v) is 6.75. The Morgan fingerprint density at radius 1 is 1.03 bits per heavy atom. The summed E-state index contributed by atoms with van der Waals surface area (Å²) in [5.74, 6) is -0.225. The highest BCUT2D eigenvalue weighted by atomic mass is 19.1. The normalized spacial score (nSPS) is 12.7. The fourth-order valence-corrected chi connectivity index (χ4v) is 4.23. The smallest absolute Gasteiger partial charge is 0.303 e. The van der Waals surface area contributed by atoms with Gasteiger partial charge in [-0.25, -0.2) is 4.39 Å². The van der Waals surface area contributed by atoms with E-state index in [9.17, 15) is 14.0 Å². The van der Waals surface area contributed by atoms with E-state index in [0.29, 0.717) is 41.2 Å². The minimum absolute atomic E-state index is 0.0193. The Morgan fingerprint density at radius 3 is 2.47 bits per heavy atom. The van der Waals surface area contributed by atoms with Crippen LogP contribution in [0.25, 0.3) is 22.3 Å². The summed E-state index contributed by atoms with van der Waals surface area (Å²) in [5, 5.41) is 13.1. The maximum atomic E-state index is 15.0. The van der Waals surface area contributed by atoms with Crippen LogP contribution >= 0.6 is 0 Å². The van der Waals surface area contributed by atoms with Crippen molar-refractivity contribution in [2.24, 2.45) is 5.92 Å². The Morgan fingerprint density at radius 2 is 1.79 bits per heavy atom. The zero-order chi connectivity index (χ0) is 27.1. The van der Waals surface area contributed by atoms with Gasteiger partial charge in [0.05, 0.1) is 11.6 Å². The zero-order valence-electron chi connectivity index (χ0n) is 21.6. The first kappa shape index (κ1) is 26.9. The molecule has 7 heteroatoms. The van der Waals surface area contributed by atoms with Crippen molar-refractivity contribution in [3.05, 3.63) is 84.2 Å². The molecule has 0 unspecified atom stereocenters. The van der Waals surface area contributed by atoms with E-state index in [1.165, 1.54) is 6.07 Å². The number of rotatable bonds is 13. The summed E-state index contributed by atoms with van der Waals surface area (Å²) in [6.45, 7) is 4.54. The monoisotopic (exact) mass is 517 g/mol. The maximum absolute atomic E-state index is 15.0. The lowest BCUT2D eigenvalue weighted by molar-refractivity contribution is -0.137. The van der Waals surface area contributed by atoms with E-state index in [2.05, 4.69) is 19.2 Å². The third kappa shape index (κ3) is 6.79. The molecule has 0 aliphatic carbocycles. The Kier molecular flexibility index (Phi) is 8.79. The molecule has 4 rings (SSSR count). The molecule has 6 nitrogen and oxygen atoms in total. The van der Waals surface area contributed by atoms with Gasteiger partial charge in [-0.05, 0) is 60.9 Å². The fraction of sp³-hybridized carbons (Fsp3) is 0.290. The first-order valence-corrected chi connectivity index (χ1v) is 12.9. The number of hydrogen-bond donors (Lipinski definition) is 2. The van der Waals surface area contributed by atoms with Crippen LogP contribution in [0, 0.1) is 11.7 Å². The zero-order valence-corrected chi connectivity index (χ0v) is 21.6. The Balaban J connectivity index is 1.38. The van der Waals surface area contributed by atoms with Crippen molar-refractivity contribution in [1.82, 2.24) is 0 Å². The van der Waals surface area contributed by atoms with Crippen LogP contribution in [0.4, 0.5) is 10.1 Å². The number of carbonyl (C=O) groups excluding carboxylic acids is 1. The van der Waals surface area contributed by atoms with Crippen molar-refractivity contribution in [3.63, 3.8) is 0 Å². The number of anilines is 1. The molecule has 0 radical (unpaired) electrons. The number of furan rings is 1. The molecule has 3 aromatic carbocycles. The molecule has 0 aliphatic heterocycles. The molecule has 0 spiro atoms. The van der Waals surface area contributed by atoms with Crippen LogP contribution in [0.15, 0.2) is 77.2 Å². The van der Waals surface area contributed by atoms with Gasteiger partial charge in [-0.2, -0.15) is 0 Å². The average molecular weight is 518 g/mol. The standard InChI is InChI=1S/C31H32FNO5/c1-3-20(2)27(33-23-13-11-21(12-14-23)28(34)8-6-10-31(35)36)19-37-24-15-16-25(26(32)18-24)30-17-22-7-4-5-9-29(22)38-30/h4-5,7,9,11-18,20,27,33H,3,6,8,10,19H2,1-2H3,(H,35,36)/t20-,27+/m0/s1. The van der Waals surface area contributed by atoms with Gasteiger partial charge in [0.15, 0.2) is 5.78 Å². The van der Waals surface area contributed by atoms with Gasteiger partial charge < -0.3 is 19.6 Å². The number of Topliss-reactive ketones (excluding diaryl/α,β-unsaturated/α-hetero) is 1. The van der Waals surface area contributed by atoms with Crippen LogP contribution in [0.2, 0.25) is 0 Å². The predicted octanol–water partition coefficient (Wildman–Crippen LogP) is 7.58. The van der Waals surface area contributed by atoms with Crippen molar-refractivity contribution in [1.29, 1.82) is 0 Å². The summed E-state index contributed by atoms with van der Waals surface area (Å²) in [4.78, 5) is 22.9. The minimum atomic E-state index is -0.902. The number of halogens is 1. The van der Waals surface area contributed by atoms with Crippen LogP contribution in [0.5, 0.6) is 5.75 Å². The number of hydrogen-bond acceptors (Lipinski definition) is 5. The number of carboxylic acid groups (broad SMARTS) is 1. The second-order valence-corrected chi connectivity index (χ2v) is 9.49. The van der Waals surface area contributed by atoms with Gasteiger partial charge in [-0.3, -0.25) is 9.59 Å². The van der Waals surface area contributed by atoms with E-state index in [0.717, 1.165) is 17.5 Å². The quantitative estimate of drug-likeness (QED) is 0.178. The number of nitrogens with one attached hydrogen (secondary N) is 1. The largest absolute Gasteiger partial charge is 0.491 e. The van der Waals surface area contributed by atoms with E-state index in [-0.39, 0.29) is 30.6 Å². The molecular formula is C31H32FNO5. The molecule has 1 heterocycles. The molecule has 2 N–H and O–H groups in total. The first-order valence-electron chi connectivity index (χ1n) is 12.9. The number of para-hydroxylation sites is 1. The van der Waals surface area contributed by atoms with Crippen molar-refractivity contribution < 1.29 is 28.2 Å². The fourth-order valence-electron chi connectivity index (χ4n) is 4.23. The van der Waals surface area contributed by atoms with E-state index in [4.69, 9.17) is 14.3 Å². The Hall–Kier alpha value is -4.13. The lowest BCUT2D eigenvalue weighted by atomic mass is 9.99. The third-order valence-electron chi connectivity index (χ3n) is 6.75. The van der Waals surface area contributed by atoms with Crippen molar-refractivity contribution >= 4 is 28.4 Å². The number of carboxylic acids is 1. The molecule has 198 valence electrons. The molecule has 2 atom stereocenters. The van der Waals surface area contributed by atoms with E-state index < -0.39 is 11.8 Å². The summed E-state index contributed by atoms with van der Waals surface area (Å²) in [7, 11) is 0. The number of aliphatic carboxylic acids is 1. The highest BCUT2D eigenvalue weighted by molar-refractivity contribution is 5.96. The molecule has 4 aromatic rings.